The quantitative estimate of drug-likeness (QED) is 0.141. The van der Waals surface area contributed by atoms with Crippen molar-refractivity contribution in [2.75, 3.05) is 13.2 Å². The van der Waals surface area contributed by atoms with Crippen LogP contribution in [0.25, 0.3) is 0 Å². The lowest BCUT2D eigenvalue weighted by Crippen LogP contribution is -2.43. The molecule has 0 aromatic heterocycles. The van der Waals surface area contributed by atoms with Crippen molar-refractivity contribution in [3.8, 4) is 35.3 Å². The second-order valence-electron chi connectivity index (χ2n) is 10.5. The van der Waals surface area contributed by atoms with E-state index >= 15 is 0 Å². The number of rotatable bonds is 15. The van der Waals surface area contributed by atoms with Gasteiger partial charge in [0.05, 0.1) is 24.3 Å². The summed E-state index contributed by atoms with van der Waals surface area (Å²) < 4.78 is 12.4. The van der Waals surface area contributed by atoms with Gasteiger partial charge in [0, 0.05) is 12.1 Å². The van der Waals surface area contributed by atoms with Crippen molar-refractivity contribution in [2.45, 2.75) is 123 Å². The zero-order chi connectivity index (χ0) is 25.6. The molecule has 0 aliphatic carbocycles. The topological polar surface area (TPSA) is 18.5 Å². The molecule has 0 unspecified atom stereocenters. The summed E-state index contributed by atoms with van der Waals surface area (Å²) in [5.41, 5.74) is 7.26. The third-order valence-electron chi connectivity index (χ3n) is 7.03. The maximum atomic E-state index is 6.25. The Labute approximate surface area is 212 Å². The summed E-state index contributed by atoms with van der Waals surface area (Å²) in [5, 5.41) is 0. The van der Waals surface area contributed by atoms with Gasteiger partial charge in [-0.05, 0) is 29.5 Å². The molecule has 3 heteroatoms. The minimum Gasteiger partial charge on any atom is -0.492 e. The van der Waals surface area contributed by atoms with Crippen molar-refractivity contribution < 1.29 is 9.47 Å². The zero-order valence-electron chi connectivity index (χ0n) is 23.4. The van der Waals surface area contributed by atoms with Gasteiger partial charge >= 0.3 is 0 Å². The SMILES string of the molecule is C#Cc1cc(OCCCCCC)c(C#C[Si](C(C)C)(C(C)C)C(C)C)cc1OCCCCCC. The molecular formula is C31H50O2Si. The molecule has 0 radical (unpaired) electrons. The summed E-state index contributed by atoms with van der Waals surface area (Å²) in [7, 11) is -1.86. The lowest BCUT2D eigenvalue weighted by Gasteiger charge is -2.38. The van der Waals surface area contributed by atoms with E-state index in [-0.39, 0.29) is 0 Å². The molecule has 0 aliphatic heterocycles. The third kappa shape index (κ3) is 8.74. The Morgan fingerprint density at radius 3 is 1.56 bits per heavy atom. The molecule has 0 aliphatic rings. The van der Waals surface area contributed by atoms with Crippen LogP contribution in [0.4, 0.5) is 0 Å². The Hall–Kier alpha value is -1.84. The average Bonchev–Trinajstić information content (AvgIpc) is 2.79. The van der Waals surface area contributed by atoms with Crippen LogP contribution in [-0.2, 0) is 0 Å². The van der Waals surface area contributed by atoms with Gasteiger partial charge in [-0.25, -0.2) is 0 Å². The normalized spacial score (nSPS) is 11.5. The van der Waals surface area contributed by atoms with Crippen LogP contribution in [0.1, 0.15) is 118 Å². The Morgan fingerprint density at radius 1 is 0.706 bits per heavy atom. The second kappa shape index (κ2) is 15.9. The lowest BCUT2D eigenvalue weighted by molar-refractivity contribution is 0.295. The van der Waals surface area contributed by atoms with Gasteiger partial charge in [-0.3, -0.25) is 0 Å². The Balaban J connectivity index is 3.36. The number of benzene rings is 1. The van der Waals surface area contributed by atoms with Crippen molar-refractivity contribution in [3.63, 3.8) is 0 Å². The summed E-state index contributed by atoms with van der Waals surface area (Å²) in [6.45, 7) is 19.9. The number of hydrogen-bond acceptors (Lipinski definition) is 2. The van der Waals surface area contributed by atoms with Gasteiger partial charge in [0.1, 0.15) is 19.6 Å². The first-order valence-electron chi connectivity index (χ1n) is 13.7. The fourth-order valence-electron chi connectivity index (χ4n) is 5.04. The molecule has 0 N–H and O–H groups in total. The maximum absolute atomic E-state index is 6.25. The molecule has 0 saturated carbocycles. The van der Waals surface area contributed by atoms with E-state index in [4.69, 9.17) is 15.9 Å². The summed E-state index contributed by atoms with van der Waals surface area (Å²) in [5.74, 6) is 7.96. The molecule has 34 heavy (non-hydrogen) atoms. The van der Waals surface area contributed by atoms with Gasteiger partial charge < -0.3 is 9.47 Å². The first-order valence-corrected chi connectivity index (χ1v) is 15.9. The Bertz CT molecular complexity index is 799. The van der Waals surface area contributed by atoms with E-state index in [9.17, 15) is 0 Å². The fraction of sp³-hybridized carbons (Fsp3) is 0.677. The molecule has 0 heterocycles. The van der Waals surface area contributed by atoms with Gasteiger partial charge in [0.25, 0.3) is 0 Å². The Kier molecular flexibility index (Phi) is 14.2. The van der Waals surface area contributed by atoms with Gasteiger partial charge in [-0.2, -0.15) is 0 Å². The molecular weight excluding hydrogens is 432 g/mol. The molecule has 0 fully saturated rings. The molecule has 0 bridgehead atoms. The van der Waals surface area contributed by atoms with Gasteiger partial charge in [0.15, 0.2) is 0 Å². The van der Waals surface area contributed by atoms with E-state index in [0.717, 1.165) is 35.5 Å². The van der Waals surface area contributed by atoms with Crippen LogP contribution in [-0.4, -0.2) is 21.3 Å². The van der Waals surface area contributed by atoms with Gasteiger partial charge in [0.2, 0.25) is 0 Å². The van der Waals surface area contributed by atoms with Crippen molar-refractivity contribution in [1.82, 2.24) is 0 Å². The molecule has 0 spiro atoms. The Morgan fingerprint density at radius 2 is 1.15 bits per heavy atom. The van der Waals surface area contributed by atoms with Crippen molar-refractivity contribution in [3.05, 3.63) is 23.3 Å². The number of terminal acetylenes is 1. The highest BCUT2D eigenvalue weighted by atomic mass is 28.3. The van der Waals surface area contributed by atoms with Crippen molar-refractivity contribution >= 4 is 8.07 Å². The molecule has 1 aromatic rings. The van der Waals surface area contributed by atoms with Crippen LogP contribution in [0.2, 0.25) is 16.6 Å². The summed E-state index contributed by atoms with van der Waals surface area (Å²) in [6.07, 6.45) is 15.2. The van der Waals surface area contributed by atoms with E-state index in [1.165, 1.54) is 38.5 Å². The standard InChI is InChI=1S/C31H50O2Si/c1-10-13-15-17-20-32-30-24-29(19-22-34(25(4)5,26(6)7)27(8)9)31(23-28(30)12-3)33-21-18-16-14-11-2/h3,23-27H,10-11,13-18,20-21H2,1-2,4-9H3. The van der Waals surface area contributed by atoms with Crippen LogP contribution in [0.5, 0.6) is 11.5 Å². The third-order valence-corrected chi connectivity index (χ3v) is 13.3. The van der Waals surface area contributed by atoms with Crippen LogP contribution >= 0.6 is 0 Å². The molecule has 0 amide bonds. The first-order chi connectivity index (χ1) is 16.2. The van der Waals surface area contributed by atoms with Crippen molar-refractivity contribution in [1.29, 1.82) is 0 Å². The van der Waals surface area contributed by atoms with Crippen LogP contribution in [0, 0.1) is 23.8 Å². The van der Waals surface area contributed by atoms with E-state index in [2.05, 4.69) is 72.8 Å². The highest BCUT2D eigenvalue weighted by molar-refractivity contribution is 6.90. The second-order valence-corrected chi connectivity index (χ2v) is 16.0. The van der Waals surface area contributed by atoms with Gasteiger partial charge in [-0.15, -0.1) is 12.0 Å². The highest BCUT2D eigenvalue weighted by Gasteiger charge is 2.41. The van der Waals surface area contributed by atoms with Gasteiger partial charge in [-0.1, -0.05) is 106 Å². The minimum atomic E-state index is -1.86. The smallest absolute Gasteiger partial charge is 0.146 e. The minimum absolute atomic E-state index is 0.581. The fourth-order valence-corrected chi connectivity index (χ4v) is 10.3. The monoisotopic (exact) mass is 482 g/mol. The summed E-state index contributed by atoms with van der Waals surface area (Å²) in [4.78, 5) is 0. The summed E-state index contributed by atoms with van der Waals surface area (Å²) >= 11 is 0. The van der Waals surface area contributed by atoms with Crippen LogP contribution < -0.4 is 9.47 Å². The van der Waals surface area contributed by atoms with Crippen LogP contribution in [0.15, 0.2) is 12.1 Å². The van der Waals surface area contributed by atoms with E-state index in [0.29, 0.717) is 29.8 Å². The summed E-state index contributed by atoms with van der Waals surface area (Å²) in [6, 6.07) is 4.00. The first kappa shape index (κ1) is 30.2. The lowest BCUT2D eigenvalue weighted by atomic mass is 10.1. The largest absolute Gasteiger partial charge is 0.492 e. The molecule has 2 nitrogen and oxygen atoms in total. The zero-order valence-corrected chi connectivity index (χ0v) is 24.4. The van der Waals surface area contributed by atoms with E-state index in [1.54, 1.807) is 0 Å². The van der Waals surface area contributed by atoms with Crippen molar-refractivity contribution in [2.24, 2.45) is 0 Å². The van der Waals surface area contributed by atoms with Crippen LogP contribution in [0.3, 0.4) is 0 Å². The highest BCUT2D eigenvalue weighted by Crippen LogP contribution is 2.41. The van der Waals surface area contributed by atoms with E-state index < -0.39 is 8.07 Å². The molecule has 0 atom stereocenters. The number of unbranched alkanes of at least 4 members (excludes halogenated alkanes) is 6. The maximum Gasteiger partial charge on any atom is 0.146 e. The number of ether oxygens (including phenoxy) is 2. The number of hydrogen-bond donors (Lipinski definition) is 0. The van der Waals surface area contributed by atoms with E-state index in [1.807, 2.05) is 12.1 Å². The molecule has 0 saturated heterocycles. The average molecular weight is 483 g/mol. The predicted molar refractivity (Wildman–Crippen MR) is 152 cm³/mol. The predicted octanol–water partition coefficient (Wildman–Crippen LogP) is 9.16. The molecule has 1 aromatic carbocycles. The molecule has 190 valence electrons. The molecule has 1 rings (SSSR count).